The van der Waals surface area contributed by atoms with Crippen molar-refractivity contribution in [1.82, 2.24) is 0 Å². The smallest absolute Gasteiger partial charge is 0.334 e. The number of halogens is 1. The lowest BCUT2D eigenvalue weighted by atomic mass is 9.43. The molecule has 4 amide bonds. The molecule has 2 aromatic carbocycles. The Bertz CT molecular complexity index is 1520. The molecule has 11 heteroatoms. The minimum Gasteiger partial charge on any atom is -0.495 e. The summed E-state index contributed by atoms with van der Waals surface area (Å²) in [6.45, 7) is 5.02. The number of imide groups is 2. The van der Waals surface area contributed by atoms with E-state index in [0.29, 0.717) is 17.1 Å². The molecule has 10 nitrogen and oxygen atoms in total. The number of ether oxygens (including phenoxy) is 3. The van der Waals surface area contributed by atoms with Crippen LogP contribution in [0.25, 0.3) is 0 Å². The third-order valence-electron chi connectivity index (χ3n) is 9.43. The van der Waals surface area contributed by atoms with Crippen LogP contribution in [0.2, 0.25) is 0 Å². The predicted octanol–water partition coefficient (Wildman–Crippen LogP) is 3.66. The lowest BCUT2D eigenvalue weighted by Gasteiger charge is -2.59. The van der Waals surface area contributed by atoms with E-state index in [1.807, 2.05) is 0 Å². The molecule has 2 saturated heterocycles. The highest BCUT2D eigenvalue weighted by Crippen LogP contribution is 2.73. The summed E-state index contributed by atoms with van der Waals surface area (Å²) in [5.41, 5.74) is -0.518. The number of anilines is 2. The first-order valence-electron chi connectivity index (χ1n) is 13.6. The van der Waals surface area contributed by atoms with Gasteiger partial charge in [-0.05, 0) is 43.7 Å². The molecule has 2 bridgehead atoms. The van der Waals surface area contributed by atoms with Crippen molar-refractivity contribution >= 4 is 56.9 Å². The van der Waals surface area contributed by atoms with E-state index in [4.69, 9.17) is 14.2 Å². The number of hydrogen-bond donors (Lipinski definition) is 0. The first kappa shape index (κ1) is 28.1. The molecule has 3 aliphatic carbocycles. The van der Waals surface area contributed by atoms with Crippen LogP contribution in [0.1, 0.15) is 20.8 Å². The van der Waals surface area contributed by atoms with Crippen LogP contribution in [-0.4, -0.2) is 54.7 Å². The number of allylic oxidation sites excluding steroid dienone is 1. The van der Waals surface area contributed by atoms with Crippen LogP contribution in [0, 0.1) is 29.1 Å². The third kappa shape index (κ3) is 3.22. The Morgan fingerprint density at radius 3 is 1.60 bits per heavy atom. The van der Waals surface area contributed by atoms with Gasteiger partial charge >= 0.3 is 5.97 Å². The number of hydrogen-bond acceptors (Lipinski definition) is 8. The molecule has 218 valence electrons. The molecule has 2 heterocycles. The summed E-state index contributed by atoms with van der Waals surface area (Å²) >= 11 is 3.78. The molecule has 2 aliphatic heterocycles. The molecular weight excluding hydrogens is 608 g/mol. The van der Waals surface area contributed by atoms with Crippen molar-refractivity contribution in [2.75, 3.05) is 30.6 Å². The first-order valence-corrected chi connectivity index (χ1v) is 14.4. The molecule has 0 radical (unpaired) electrons. The van der Waals surface area contributed by atoms with Gasteiger partial charge in [0.25, 0.3) is 0 Å². The number of methoxy groups -OCH3 is 2. The summed E-state index contributed by atoms with van der Waals surface area (Å²) in [5, 5.41) is 0. The minimum atomic E-state index is -1.55. The van der Waals surface area contributed by atoms with Gasteiger partial charge in [0.2, 0.25) is 23.6 Å². The highest BCUT2D eigenvalue weighted by atomic mass is 79.9. The predicted molar refractivity (Wildman–Crippen MR) is 154 cm³/mol. The van der Waals surface area contributed by atoms with Gasteiger partial charge in [0.1, 0.15) is 11.5 Å². The molecule has 5 aliphatic rings. The number of carbonyl (C=O) groups excluding carboxylic acids is 5. The topological polar surface area (TPSA) is 120 Å². The second kappa shape index (κ2) is 9.52. The Hall–Kier alpha value is -3.99. The molecule has 0 aromatic heterocycles. The molecule has 0 spiro atoms. The molecule has 3 fully saturated rings. The van der Waals surface area contributed by atoms with Crippen molar-refractivity contribution < 1.29 is 38.2 Å². The van der Waals surface area contributed by atoms with Gasteiger partial charge < -0.3 is 14.2 Å². The van der Waals surface area contributed by atoms with Crippen molar-refractivity contribution in [1.29, 1.82) is 0 Å². The normalized spacial score (nSPS) is 31.5. The number of benzene rings is 2. The quantitative estimate of drug-likeness (QED) is 0.268. The highest BCUT2D eigenvalue weighted by Gasteiger charge is 2.81. The van der Waals surface area contributed by atoms with Crippen molar-refractivity contribution in [3.8, 4) is 11.5 Å². The van der Waals surface area contributed by atoms with Crippen LogP contribution < -0.4 is 19.3 Å². The van der Waals surface area contributed by atoms with Crippen molar-refractivity contribution in [3.63, 3.8) is 0 Å². The summed E-state index contributed by atoms with van der Waals surface area (Å²) in [5.74, 6) is -6.79. The maximum Gasteiger partial charge on any atom is 0.334 e. The number of alkyl halides is 1. The van der Waals surface area contributed by atoms with Gasteiger partial charge in [0.05, 0.1) is 60.2 Å². The Balaban J connectivity index is 1.60. The highest BCUT2D eigenvalue weighted by molar-refractivity contribution is 9.10. The largest absolute Gasteiger partial charge is 0.495 e. The SMILES string of the molecule is CCOC(=O)C1=C(C)C2(Br)[C@@H]3C(=O)N(c4ccccc4OC)C(=O)[C@H]3C1(C)[C@H]1C(=O)N(c3ccccc3OC)C(=O)[C@H]12. The van der Waals surface area contributed by atoms with Gasteiger partial charge in [0, 0.05) is 11.0 Å². The van der Waals surface area contributed by atoms with E-state index in [9.17, 15) is 24.0 Å². The Kier molecular flexibility index (Phi) is 6.38. The Morgan fingerprint density at radius 1 is 0.786 bits per heavy atom. The van der Waals surface area contributed by atoms with Crippen LogP contribution in [0.15, 0.2) is 59.7 Å². The summed E-state index contributed by atoms with van der Waals surface area (Å²) in [4.78, 5) is 73.4. The van der Waals surface area contributed by atoms with Crippen LogP contribution in [0.4, 0.5) is 11.4 Å². The second-order valence-electron chi connectivity index (χ2n) is 11.0. The number of rotatable bonds is 6. The summed E-state index contributed by atoms with van der Waals surface area (Å²) in [6.07, 6.45) is 0. The van der Waals surface area contributed by atoms with E-state index in [2.05, 4.69) is 15.9 Å². The van der Waals surface area contributed by atoms with Crippen LogP contribution in [0.3, 0.4) is 0 Å². The number of nitrogens with zero attached hydrogens (tertiary/aromatic N) is 2. The summed E-state index contributed by atoms with van der Waals surface area (Å²) < 4.78 is 14.9. The monoisotopic (exact) mass is 636 g/mol. The molecular formula is C31H29BrN2O8. The van der Waals surface area contributed by atoms with E-state index in [1.165, 1.54) is 14.2 Å². The maximum absolute atomic E-state index is 14.4. The van der Waals surface area contributed by atoms with Crippen molar-refractivity contribution in [2.45, 2.75) is 25.1 Å². The summed E-state index contributed by atoms with van der Waals surface area (Å²) in [6, 6.07) is 13.3. The lowest BCUT2D eigenvalue weighted by molar-refractivity contribution is -0.152. The zero-order valence-electron chi connectivity index (χ0n) is 23.7. The van der Waals surface area contributed by atoms with Gasteiger partial charge in [-0.15, -0.1) is 0 Å². The van der Waals surface area contributed by atoms with Crippen LogP contribution in [-0.2, 0) is 28.7 Å². The van der Waals surface area contributed by atoms with Gasteiger partial charge in [-0.3, -0.25) is 19.2 Å². The maximum atomic E-state index is 14.4. The number of amides is 4. The van der Waals surface area contributed by atoms with Crippen LogP contribution in [0.5, 0.6) is 11.5 Å². The molecule has 7 rings (SSSR count). The fraction of sp³-hybridized carbons (Fsp3) is 0.387. The average molecular weight is 637 g/mol. The molecule has 2 unspecified atom stereocenters. The Morgan fingerprint density at radius 2 is 1.19 bits per heavy atom. The first-order chi connectivity index (χ1) is 20.0. The minimum absolute atomic E-state index is 0.0591. The van der Waals surface area contributed by atoms with E-state index in [1.54, 1.807) is 69.3 Å². The van der Waals surface area contributed by atoms with Gasteiger partial charge in [-0.1, -0.05) is 47.1 Å². The van der Waals surface area contributed by atoms with E-state index >= 15 is 0 Å². The fourth-order valence-electron chi connectivity index (χ4n) is 7.83. The van der Waals surface area contributed by atoms with Gasteiger partial charge in [-0.2, -0.15) is 0 Å². The molecule has 42 heavy (non-hydrogen) atoms. The number of esters is 1. The number of para-hydroxylation sites is 4. The van der Waals surface area contributed by atoms with Gasteiger partial charge in [-0.25, -0.2) is 14.6 Å². The molecule has 0 N–H and O–H groups in total. The average Bonchev–Trinajstić information content (AvgIpc) is 3.41. The zero-order valence-corrected chi connectivity index (χ0v) is 25.3. The lowest BCUT2D eigenvalue weighted by Crippen LogP contribution is -2.67. The molecule has 2 aromatic rings. The summed E-state index contributed by atoms with van der Waals surface area (Å²) in [7, 11) is 2.87. The van der Waals surface area contributed by atoms with Crippen molar-refractivity contribution in [3.05, 3.63) is 59.7 Å². The fourth-order valence-corrected chi connectivity index (χ4v) is 8.95. The van der Waals surface area contributed by atoms with Crippen LogP contribution >= 0.6 is 15.9 Å². The van der Waals surface area contributed by atoms with Crippen molar-refractivity contribution in [2.24, 2.45) is 29.1 Å². The molecule has 1 saturated carbocycles. The third-order valence-corrected chi connectivity index (χ3v) is 11.0. The van der Waals surface area contributed by atoms with E-state index in [0.717, 1.165) is 9.80 Å². The van der Waals surface area contributed by atoms with Gasteiger partial charge in [0.15, 0.2) is 0 Å². The van der Waals surface area contributed by atoms with E-state index in [-0.39, 0.29) is 23.6 Å². The standard InChI is InChI=1S/C31H29BrN2O8/c1-6-42-29(39)20-15(2)31(32)23-21(25(35)33(27(23)37)16-11-7-9-13-18(16)40-4)30(20,3)22-24(31)28(38)34(26(22)36)17-12-8-10-14-19(17)41-5/h7-14,21-24H,6H2,1-5H3/t21-,22+,23-,24-,30?,31?/m0/s1. The zero-order chi connectivity index (χ0) is 30.3. The Labute approximate surface area is 250 Å². The molecule has 6 atom stereocenters. The number of carbonyl (C=O) groups is 5. The van der Waals surface area contributed by atoms with E-state index < -0.39 is 63.0 Å². The second-order valence-corrected chi connectivity index (χ2v) is 12.4.